The van der Waals surface area contributed by atoms with Crippen molar-refractivity contribution in [3.8, 4) is 11.5 Å². The zero-order valence-electron chi connectivity index (χ0n) is 15.4. The minimum atomic E-state index is -0.107. The Morgan fingerprint density at radius 1 is 0.792 bits per heavy atom. The predicted molar refractivity (Wildman–Crippen MR) is 102 cm³/mol. The normalized spacial score (nSPS) is 12.9. The molecule has 0 aliphatic carbocycles. The molecule has 0 aliphatic heterocycles. The van der Waals surface area contributed by atoms with Crippen molar-refractivity contribution < 1.29 is 10.2 Å². The van der Waals surface area contributed by atoms with Crippen LogP contribution in [0.2, 0.25) is 0 Å². The zero-order chi connectivity index (χ0) is 17.9. The lowest BCUT2D eigenvalue weighted by molar-refractivity contribution is 0.446. The molecule has 2 nitrogen and oxygen atoms in total. The molecule has 0 bridgehead atoms. The smallest absolute Gasteiger partial charge is 0.119 e. The van der Waals surface area contributed by atoms with Gasteiger partial charge in [-0.25, -0.2) is 0 Å². The molecule has 0 heterocycles. The molecule has 0 radical (unpaired) electrons. The average molecular weight is 324 g/mol. The van der Waals surface area contributed by atoms with Crippen LogP contribution in [-0.2, 0) is 5.41 Å². The molecule has 0 saturated heterocycles. The highest BCUT2D eigenvalue weighted by Crippen LogP contribution is 2.37. The molecule has 128 valence electrons. The number of hydrogen-bond donors (Lipinski definition) is 2. The topological polar surface area (TPSA) is 40.5 Å². The SMILES string of the molecule is CC/C(=C(/CC)c1ccc(O)c(C(C)(C)C)c1)c1ccc(O)cc1. The molecular weight excluding hydrogens is 296 g/mol. The van der Waals surface area contributed by atoms with Crippen LogP contribution in [0, 0.1) is 0 Å². The van der Waals surface area contributed by atoms with Gasteiger partial charge >= 0.3 is 0 Å². The Bertz CT molecular complexity index is 732. The van der Waals surface area contributed by atoms with Crippen molar-refractivity contribution in [1.29, 1.82) is 0 Å². The molecule has 2 aromatic rings. The molecule has 0 saturated carbocycles. The van der Waals surface area contributed by atoms with E-state index in [0.717, 1.165) is 29.5 Å². The van der Waals surface area contributed by atoms with E-state index in [1.165, 1.54) is 11.1 Å². The van der Waals surface area contributed by atoms with Gasteiger partial charge in [-0.3, -0.25) is 0 Å². The lowest BCUT2D eigenvalue weighted by atomic mass is 9.83. The van der Waals surface area contributed by atoms with Crippen molar-refractivity contribution in [3.63, 3.8) is 0 Å². The van der Waals surface area contributed by atoms with E-state index in [1.807, 2.05) is 18.2 Å². The van der Waals surface area contributed by atoms with Gasteiger partial charge in [-0.2, -0.15) is 0 Å². The van der Waals surface area contributed by atoms with E-state index in [4.69, 9.17) is 0 Å². The third kappa shape index (κ3) is 3.81. The maximum atomic E-state index is 10.2. The molecule has 0 amide bonds. The summed E-state index contributed by atoms with van der Waals surface area (Å²) in [6, 6.07) is 13.3. The van der Waals surface area contributed by atoms with Gasteiger partial charge in [0, 0.05) is 0 Å². The first kappa shape index (κ1) is 18.1. The second-order valence-corrected chi connectivity index (χ2v) is 7.19. The summed E-state index contributed by atoms with van der Waals surface area (Å²) in [7, 11) is 0. The van der Waals surface area contributed by atoms with Crippen LogP contribution < -0.4 is 0 Å². The first-order chi connectivity index (χ1) is 11.3. The van der Waals surface area contributed by atoms with Crippen LogP contribution in [0.25, 0.3) is 11.1 Å². The number of allylic oxidation sites excluding steroid dienone is 2. The third-order valence-electron chi connectivity index (χ3n) is 4.44. The molecule has 2 heteroatoms. The van der Waals surface area contributed by atoms with Crippen molar-refractivity contribution in [1.82, 2.24) is 0 Å². The van der Waals surface area contributed by atoms with Gasteiger partial charge in [0.15, 0.2) is 0 Å². The first-order valence-corrected chi connectivity index (χ1v) is 8.63. The van der Waals surface area contributed by atoms with Crippen molar-refractivity contribution >= 4 is 11.1 Å². The Morgan fingerprint density at radius 2 is 1.29 bits per heavy atom. The predicted octanol–water partition coefficient (Wildman–Crippen LogP) is 6.13. The molecule has 24 heavy (non-hydrogen) atoms. The fraction of sp³-hybridized carbons (Fsp3) is 0.364. The van der Waals surface area contributed by atoms with Crippen LogP contribution in [0.5, 0.6) is 11.5 Å². The van der Waals surface area contributed by atoms with E-state index in [9.17, 15) is 10.2 Å². The van der Waals surface area contributed by atoms with Gasteiger partial charge in [0.2, 0.25) is 0 Å². The number of phenolic OH excluding ortho intramolecular Hbond substituents is 2. The summed E-state index contributed by atoms with van der Waals surface area (Å²) in [5.74, 6) is 0.635. The minimum absolute atomic E-state index is 0.107. The summed E-state index contributed by atoms with van der Waals surface area (Å²) in [6.07, 6.45) is 1.83. The van der Waals surface area contributed by atoms with Crippen LogP contribution in [0.1, 0.15) is 64.2 Å². The summed E-state index contributed by atoms with van der Waals surface area (Å²) in [4.78, 5) is 0. The van der Waals surface area contributed by atoms with Crippen LogP contribution in [-0.4, -0.2) is 10.2 Å². The summed E-state index contributed by atoms with van der Waals surface area (Å²) < 4.78 is 0. The molecule has 0 aromatic heterocycles. The van der Waals surface area contributed by atoms with Crippen LogP contribution in [0.4, 0.5) is 0 Å². The number of rotatable bonds is 4. The second kappa shape index (κ2) is 7.12. The standard InChI is InChI=1S/C22H28O2/c1-6-18(15-8-11-17(23)12-9-15)19(7-2)16-10-13-21(24)20(14-16)22(3,4)5/h8-14,23-24H,6-7H2,1-5H3/b19-18+. The number of phenols is 2. The number of benzene rings is 2. The Morgan fingerprint density at radius 3 is 1.79 bits per heavy atom. The van der Waals surface area contributed by atoms with E-state index in [1.54, 1.807) is 18.2 Å². The van der Waals surface area contributed by atoms with E-state index in [-0.39, 0.29) is 11.2 Å². The highest BCUT2D eigenvalue weighted by molar-refractivity contribution is 5.91. The fourth-order valence-electron chi connectivity index (χ4n) is 3.17. The summed E-state index contributed by atoms with van der Waals surface area (Å²) in [5, 5.41) is 19.8. The molecule has 0 unspecified atom stereocenters. The lowest BCUT2D eigenvalue weighted by Gasteiger charge is -2.22. The summed E-state index contributed by atoms with van der Waals surface area (Å²) in [6.45, 7) is 10.7. The zero-order valence-corrected chi connectivity index (χ0v) is 15.4. The molecule has 2 rings (SSSR count). The highest BCUT2D eigenvalue weighted by Gasteiger charge is 2.19. The quantitative estimate of drug-likeness (QED) is 0.664. The monoisotopic (exact) mass is 324 g/mol. The van der Waals surface area contributed by atoms with Crippen LogP contribution >= 0.6 is 0 Å². The summed E-state index contributed by atoms with van der Waals surface area (Å²) >= 11 is 0. The van der Waals surface area contributed by atoms with Crippen LogP contribution in [0.15, 0.2) is 42.5 Å². The van der Waals surface area contributed by atoms with Gasteiger partial charge in [0.25, 0.3) is 0 Å². The Hall–Kier alpha value is -2.22. The maximum Gasteiger partial charge on any atom is 0.119 e. The molecule has 0 atom stereocenters. The number of aromatic hydroxyl groups is 2. The van der Waals surface area contributed by atoms with Gasteiger partial charge in [-0.05, 0) is 70.4 Å². The molecular formula is C22H28O2. The molecule has 2 aromatic carbocycles. The van der Waals surface area contributed by atoms with Crippen molar-refractivity contribution in [2.24, 2.45) is 0 Å². The van der Waals surface area contributed by atoms with Gasteiger partial charge in [0.05, 0.1) is 0 Å². The van der Waals surface area contributed by atoms with Crippen molar-refractivity contribution in [3.05, 3.63) is 59.2 Å². The highest BCUT2D eigenvalue weighted by atomic mass is 16.3. The van der Waals surface area contributed by atoms with Gasteiger partial charge in [-0.1, -0.05) is 52.8 Å². The van der Waals surface area contributed by atoms with Crippen LogP contribution in [0.3, 0.4) is 0 Å². The largest absolute Gasteiger partial charge is 0.508 e. The molecule has 2 N–H and O–H groups in total. The minimum Gasteiger partial charge on any atom is -0.508 e. The molecule has 0 aliphatic rings. The Balaban J connectivity index is 2.63. The molecule has 0 fully saturated rings. The first-order valence-electron chi connectivity index (χ1n) is 8.63. The van der Waals surface area contributed by atoms with E-state index in [0.29, 0.717) is 5.75 Å². The fourth-order valence-corrected chi connectivity index (χ4v) is 3.17. The third-order valence-corrected chi connectivity index (χ3v) is 4.44. The maximum absolute atomic E-state index is 10.2. The van der Waals surface area contributed by atoms with Gasteiger partial charge in [0.1, 0.15) is 11.5 Å². The van der Waals surface area contributed by atoms with Gasteiger partial charge < -0.3 is 10.2 Å². The summed E-state index contributed by atoms with van der Waals surface area (Å²) in [5.41, 5.74) is 5.72. The Labute approximate surface area is 145 Å². The van der Waals surface area contributed by atoms with E-state index in [2.05, 4.69) is 40.7 Å². The number of hydrogen-bond acceptors (Lipinski definition) is 2. The van der Waals surface area contributed by atoms with Crippen molar-refractivity contribution in [2.45, 2.75) is 52.9 Å². The van der Waals surface area contributed by atoms with Crippen molar-refractivity contribution in [2.75, 3.05) is 0 Å². The lowest BCUT2D eigenvalue weighted by Crippen LogP contribution is -2.11. The average Bonchev–Trinajstić information content (AvgIpc) is 2.53. The molecule has 0 spiro atoms. The second-order valence-electron chi connectivity index (χ2n) is 7.19. The van der Waals surface area contributed by atoms with Gasteiger partial charge in [-0.15, -0.1) is 0 Å². The van der Waals surface area contributed by atoms with E-state index < -0.39 is 0 Å². The Kier molecular flexibility index (Phi) is 5.38. The van der Waals surface area contributed by atoms with E-state index >= 15 is 0 Å².